The van der Waals surface area contributed by atoms with Crippen LogP contribution in [0.15, 0.2) is 121 Å². The Morgan fingerprint density at radius 2 is 0.938 bits per heavy atom. The van der Waals surface area contributed by atoms with Crippen molar-refractivity contribution in [1.29, 1.82) is 0 Å². The van der Waals surface area contributed by atoms with Crippen LogP contribution in [0.1, 0.15) is 43.0 Å². The van der Waals surface area contributed by atoms with Crippen LogP contribution in [0.3, 0.4) is 0 Å². The molecule has 0 aromatic heterocycles. The molecule has 1 N–H and O–H groups in total. The first-order valence-corrected chi connectivity index (χ1v) is 19.5. The minimum Gasteiger partial charge on any atom is -0.479 e. The van der Waals surface area contributed by atoms with E-state index in [1.54, 1.807) is 0 Å². The molecule has 0 spiro atoms. The Kier molecular flexibility index (Phi) is 15.5. The summed E-state index contributed by atoms with van der Waals surface area (Å²) in [7, 11) is -2.25. The highest BCUT2D eigenvalue weighted by Gasteiger charge is 2.44. The van der Waals surface area contributed by atoms with Gasteiger partial charge in [0.1, 0.15) is 12.2 Å². The van der Waals surface area contributed by atoms with E-state index in [2.05, 4.69) is 20.8 Å². The Morgan fingerprint density at radius 3 is 1.33 bits per heavy atom. The van der Waals surface area contributed by atoms with Crippen LogP contribution in [-0.2, 0) is 54.6 Å². The molecule has 0 saturated carbocycles. The average Bonchev–Trinajstić information content (AvgIpc) is 3.14. The molecular formula is C40H50O7Si. The van der Waals surface area contributed by atoms with Crippen molar-refractivity contribution in [3.8, 4) is 0 Å². The highest BCUT2D eigenvalue weighted by molar-refractivity contribution is 6.73. The molecule has 0 aliphatic heterocycles. The minimum atomic E-state index is -2.25. The Bertz CT molecular complexity index is 1430. The Morgan fingerprint density at radius 1 is 0.562 bits per heavy atom. The lowest BCUT2D eigenvalue weighted by molar-refractivity contribution is -0.197. The van der Waals surface area contributed by atoms with Gasteiger partial charge in [-0.25, -0.2) is 4.79 Å². The maximum Gasteiger partial charge on any atom is 0.335 e. The van der Waals surface area contributed by atoms with Gasteiger partial charge < -0.3 is 28.5 Å². The van der Waals surface area contributed by atoms with Crippen molar-refractivity contribution < 1.29 is 33.3 Å². The third-order valence-electron chi connectivity index (χ3n) is 8.80. The maximum atomic E-state index is 13.1. The summed E-state index contributed by atoms with van der Waals surface area (Å²) in [4.78, 5) is 13.1. The van der Waals surface area contributed by atoms with E-state index in [-0.39, 0.29) is 26.4 Å². The van der Waals surface area contributed by atoms with Gasteiger partial charge in [-0.3, -0.25) is 0 Å². The Balaban J connectivity index is 1.74. The third kappa shape index (κ3) is 11.5. The first kappa shape index (κ1) is 37.2. The summed E-state index contributed by atoms with van der Waals surface area (Å²) in [6.07, 6.45) is -3.83. The largest absolute Gasteiger partial charge is 0.479 e. The van der Waals surface area contributed by atoms with Crippen molar-refractivity contribution in [1.82, 2.24) is 0 Å². The van der Waals surface area contributed by atoms with Crippen LogP contribution in [-0.4, -0.2) is 50.4 Å². The van der Waals surface area contributed by atoms with Crippen molar-refractivity contribution in [2.75, 3.05) is 6.61 Å². The summed E-state index contributed by atoms with van der Waals surface area (Å²) in [5, 5.41) is 10.7. The van der Waals surface area contributed by atoms with Gasteiger partial charge in [-0.2, -0.15) is 0 Å². The molecule has 4 aromatic carbocycles. The number of hydrogen-bond donors (Lipinski definition) is 1. The summed E-state index contributed by atoms with van der Waals surface area (Å²) in [6, 6.07) is 41.8. The van der Waals surface area contributed by atoms with Gasteiger partial charge in [-0.1, -0.05) is 142 Å². The van der Waals surface area contributed by atoms with Gasteiger partial charge in [0.2, 0.25) is 0 Å². The van der Waals surface area contributed by atoms with E-state index in [4.69, 9.17) is 23.4 Å². The van der Waals surface area contributed by atoms with Crippen LogP contribution in [0, 0.1) is 0 Å². The monoisotopic (exact) mass is 670 g/mol. The average molecular weight is 671 g/mol. The molecule has 0 aliphatic carbocycles. The number of carboxylic acid groups (broad SMARTS) is 1. The van der Waals surface area contributed by atoms with Gasteiger partial charge >= 0.3 is 5.97 Å². The van der Waals surface area contributed by atoms with Crippen molar-refractivity contribution in [3.63, 3.8) is 0 Å². The number of rotatable bonds is 22. The summed E-state index contributed by atoms with van der Waals surface area (Å²) in [5.41, 5.74) is 3.76. The van der Waals surface area contributed by atoms with E-state index in [0.29, 0.717) is 6.61 Å². The molecule has 0 fully saturated rings. The molecule has 0 unspecified atom stereocenters. The molecule has 256 valence electrons. The second-order valence-electron chi connectivity index (χ2n) is 12.0. The quantitative estimate of drug-likeness (QED) is 0.0841. The highest BCUT2D eigenvalue weighted by Crippen LogP contribution is 2.29. The van der Waals surface area contributed by atoms with Gasteiger partial charge in [0, 0.05) is 0 Å². The van der Waals surface area contributed by atoms with Gasteiger partial charge in [-0.05, 0) is 40.4 Å². The van der Waals surface area contributed by atoms with Crippen LogP contribution in [0.25, 0.3) is 0 Å². The molecule has 4 aromatic rings. The molecule has 0 aliphatic rings. The van der Waals surface area contributed by atoms with Crippen molar-refractivity contribution >= 4 is 14.3 Å². The first-order valence-electron chi connectivity index (χ1n) is 17.0. The topological polar surface area (TPSA) is 83.5 Å². The zero-order chi connectivity index (χ0) is 34.0. The highest BCUT2D eigenvalue weighted by atomic mass is 28.4. The van der Waals surface area contributed by atoms with E-state index in [0.717, 1.165) is 40.4 Å². The maximum absolute atomic E-state index is 13.1. The van der Waals surface area contributed by atoms with Crippen LogP contribution in [0.4, 0.5) is 0 Å². The second kappa shape index (κ2) is 20.0. The Hall–Kier alpha value is -3.63. The zero-order valence-corrected chi connectivity index (χ0v) is 29.4. The minimum absolute atomic E-state index is 0.0992. The molecule has 0 heterocycles. The molecule has 8 heteroatoms. The van der Waals surface area contributed by atoms with E-state index >= 15 is 0 Å². The predicted octanol–water partition coefficient (Wildman–Crippen LogP) is 8.43. The number of benzene rings is 4. The van der Waals surface area contributed by atoms with Gasteiger partial charge in [-0.15, -0.1) is 0 Å². The summed E-state index contributed by atoms with van der Waals surface area (Å²) >= 11 is 0. The van der Waals surface area contributed by atoms with Crippen molar-refractivity contribution in [2.24, 2.45) is 0 Å². The normalized spacial score (nSPS) is 14.2. The summed E-state index contributed by atoms with van der Waals surface area (Å²) in [6.45, 7) is 7.60. The molecule has 4 rings (SSSR count). The molecule has 4 atom stereocenters. The van der Waals surface area contributed by atoms with E-state index in [9.17, 15) is 9.90 Å². The first-order chi connectivity index (χ1) is 23.5. The van der Waals surface area contributed by atoms with Gasteiger partial charge in [0.15, 0.2) is 14.4 Å². The molecule has 0 saturated heterocycles. The number of hydrogen-bond acceptors (Lipinski definition) is 6. The number of carboxylic acids is 1. The fraction of sp³-hybridized carbons (Fsp3) is 0.375. The molecular weight excluding hydrogens is 621 g/mol. The van der Waals surface area contributed by atoms with Crippen LogP contribution >= 0.6 is 0 Å². The molecule has 0 amide bonds. The lowest BCUT2D eigenvalue weighted by Gasteiger charge is -2.40. The smallest absolute Gasteiger partial charge is 0.335 e. The van der Waals surface area contributed by atoms with Crippen LogP contribution in [0.2, 0.25) is 18.1 Å². The SMILES string of the molecule is CC[Si](CC)(CC)O[C@H](COCc1ccccc1)[C@@H](OCc1ccccc1)[C@H](OCc1ccccc1)[C@@H](OCc1ccccc1)C(=O)O. The summed E-state index contributed by atoms with van der Waals surface area (Å²) < 4.78 is 33.1. The van der Waals surface area contributed by atoms with Crippen LogP contribution in [0.5, 0.6) is 0 Å². The lowest BCUT2D eigenvalue weighted by atomic mass is 10.0. The van der Waals surface area contributed by atoms with E-state index in [1.807, 2.05) is 121 Å². The van der Waals surface area contributed by atoms with E-state index in [1.165, 1.54) is 0 Å². The summed E-state index contributed by atoms with van der Waals surface area (Å²) in [5.74, 6) is -1.13. The van der Waals surface area contributed by atoms with Gasteiger partial charge in [0.05, 0.1) is 39.1 Å². The number of carbonyl (C=O) groups is 1. The zero-order valence-electron chi connectivity index (χ0n) is 28.4. The second-order valence-corrected chi connectivity index (χ2v) is 16.7. The van der Waals surface area contributed by atoms with Gasteiger partial charge in [0.25, 0.3) is 0 Å². The van der Waals surface area contributed by atoms with Crippen LogP contribution < -0.4 is 0 Å². The number of ether oxygens (including phenoxy) is 4. The fourth-order valence-corrected chi connectivity index (χ4v) is 8.60. The molecule has 0 radical (unpaired) electrons. The number of aliphatic carboxylic acids is 1. The molecule has 7 nitrogen and oxygen atoms in total. The third-order valence-corrected chi connectivity index (χ3v) is 13.5. The van der Waals surface area contributed by atoms with E-state index < -0.39 is 38.7 Å². The Labute approximate surface area is 286 Å². The lowest BCUT2D eigenvalue weighted by Crippen LogP contribution is -2.56. The fourth-order valence-electron chi connectivity index (χ4n) is 5.75. The predicted molar refractivity (Wildman–Crippen MR) is 191 cm³/mol. The van der Waals surface area contributed by atoms with Crippen molar-refractivity contribution in [2.45, 2.75) is 89.7 Å². The van der Waals surface area contributed by atoms with Crippen molar-refractivity contribution in [3.05, 3.63) is 144 Å². The molecule has 48 heavy (non-hydrogen) atoms. The standard InChI is InChI=1S/C40H50O7Si/c1-4-48(5-2,6-3)47-36(31-43-27-32-19-11-7-12-20-32)37(44-28-33-21-13-8-14-22-33)38(45-29-34-23-15-9-16-24-34)39(40(41)42)46-30-35-25-17-10-18-26-35/h7-26,36-39H,4-6,27-31H2,1-3H3,(H,41,42)/t36-,37-,38+,39-/m1/s1. The molecule has 0 bridgehead atoms.